The quantitative estimate of drug-likeness (QED) is 0.853. The van der Waals surface area contributed by atoms with E-state index in [0.29, 0.717) is 6.42 Å². The third kappa shape index (κ3) is 5.88. The molecule has 0 aliphatic carbocycles. The lowest BCUT2D eigenvalue weighted by Gasteiger charge is -2.34. The standard InChI is InChI=1S/C22H29N3O2/c1-22(2,27)10-9-18-6-5-7-19(16-18)21(26)25-14-12-24(13-15-25)17-20-8-3-4-11-23-20/h3-8,11,16,27H,9-10,12-15,17H2,1-2H3. The maximum absolute atomic E-state index is 12.9. The number of amides is 1. The number of aromatic nitrogens is 1. The van der Waals surface area contributed by atoms with Crippen LogP contribution < -0.4 is 0 Å². The molecular formula is C22H29N3O2. The first kappa shape index (κ1) is 19.5. The number of hydrogen-bond donors (Lipinski definition) is 1. The Morgan fingerprint density at radius 1 is 1.11 bits per heavy atom. The summed E-state index contributed by atoms with van der Waals surface area (Å²) >= 11 is 0. The maximum atomic E-state index is 12.9. The van der Waals surface area contributed by atoms with Crippen LogP contribution in [0.4, 0.5) is 0 Å². The van der Waals surface area contributed by atoms with E-state index in [1.54, 1.807) is 0 Å². The van der Waals surface area contributed by atoms with Crippen molar-refractivity contribution < 1.29 is 9.90 Å². The number of aryl methyl sites for hydroxylation is 1. The third-order valence-corrected chi connectivity index (χ3v) is 4.97. The molecule has 144 valence electrons. The lowest BCUT2D eigenvalue weighted by atomic mass is 9.97. The number of hydrogen-bond acceptors (Lipinski definition) is 4. The molecule has 0 bridgehead atoms. The highest BCUT2D eigenvalue weighted by Crippen LogP contribution is 2.16. The van der Waals surface area contributed by atoms with Crippen molar-refractivity contribution in [3.8, 4) is 0 Å². The van der Waals surface area contributed by atoms with Crippen molar-refractivity contribution >= 4 is 5.91 Å². The second-order valence-electron chi connectivity index (χ2n) is 7.90. The molecule has 27 heavy (non-hydrogen) atoms. The van der Waals surface area contributed by atoms with E-state index in [1.165, 1.54) is 0 Å². The van der Waals surface area contributed by atoms with Gasteiger partial charge in [-0.15, -0.1) is 0 Å². The summed E-state index contributed by atoms with van der Waals surface area (Å²) in [5, 5.41) is 9.91. The minimum atomic E-state index is -0.691. The second kappa shape index (κ2) is 8.63. The van der Waals surface area contributed by atoms with E-state index < -0.39 is 5.60 Å². The van der Waals surface area contributed by atoms with Gasteiger partial charge in [-0.05, 0) is 56.5 Å². The van der Waals surface area contributed by atoms with Crippen LogP contribution in [-0.4, -0.2) is 57.6 Å². The van der Waals surface area contributed by atoms with Crippen LogP contribution in [0.5, 0.6) is 0 Å². The summed E-state index contributed by atoms with van der Waals surface area (Å²) in [5.41, 5.74) is 2.21. The molecule has 1 aliphatic heterocycles. The molecule has 5 heteroatoms. The summed E-state index contributed by atoms with van der Waals surface area (Å²) in [5.74, 6) is 0.0950. The van der Waals surface area contributed by atoms with Gasteiger partial charge in [-0.3, -0.25) is 14.7 Å². The lowest BCUT2D eigenvalue weighted by Crippen LogP contribution is -2.48. The third-order valence-electron chi connectivity index (χ3n) is 4.97. The van der Waals surface area contributed by atoms with Crippen LogP contribution in [0.2, 0.25) is 0 Å². The van der Waals surface area contributed by atoms with E-state index in [1.807, 2.05) is 67.4 Å². The normalized spacial score (nSPS) is 15.7. The molecule has 2 heterocycles. The molecule has 2 aromatic rings. The highest BCUT2D eigenvalue weighted by atomic mass is 16.3. The molecule has 5 nitrogen and oxygen atoms in total. The first-order valence-electron chi connectivity index (χ1n) is 9.63. The van der Waals surface area contributed by atoms with Gasteiger partial charge in [0.2, 0.25) is 0 Å². The van der Waals surface area contributed by atoms with Crippen LogP contribution in [-0.2, 0) is 13.0 Å². The molecule has 1 aliphatic rings. The Balaban J connectivity index is 1.54. The minimum absolute atomic E-state index is 0.0950. The number of piperazine rings is 1. The summed E-state index contributed by atoms with van der Waals surface area (Å²) in [7, 11) is 0. The van der Waals surface area contributed by atoms with Gasteiger partial charge in [0.15, 0.2) is 0 Å². The predicted molar refractivity (Wildman–Crippen MR) is 106 cm³/mol. The minimum Gasteiger partial charge on any atom is -0.390 e. The number of aliphatic hydroxyl groups is 1. The van der Waals surface area contributed by atoms with Crippen molar-refractivity contribution in [1.82, 2.24) is 14.8 Å². The Bertz CT molecular complexity index is 748. The van der Waals surface area contributed by atoms with Gasteiger partial charge in [-0.1, -0.05) is 18.2 Å². The number of pyridine rings is 1. The fourth-order valence-electron chi connectivity index (χ4n) is 3.32. The fraction of sp³-hybridized carbons (Fsp3) is 0.455. The second-order valence-corrected chi connectivity index (χ2v) is 7.90. The van der Waals surface area contributed by atoms with Crippen molar-refractivity contribution in [3.05, 3.63) is 65.5 Å². The molecule has 3 rings (SSSR count). The zero-order chi connectivity index (χ0) is 19.3. The van der Waals surface area contributed by atoms with Crippen LogP contribution in [0.3, 0.4) is 0 Å². The number of rotatable bonds is 6. The lowest BCUT2D eigenvalue weighted by molar-refractivity contribution is 0.0627. The Hall–Kier alpha value is -2.24. The highest BCUT2D eigenvalue weighted by molar-refractivity contribution is 5.94. The Kier molecular flexibility index (Phi) is 6.24. The Morgan fingerprint density at radius 3 is 2.56 bits per heavy atom. The maximum Gasteiger partial charge on any atom is 0.253 e. The van der Waals surface area contributed by atoms with Gasteiger partial charge in [0.05, 0.1) is 11.3 Å². The average molecular weight is 367 g/mol. The van der Waals surface area contributed by atoms with E-state index >= 15 is 0 Å². The van der Waals surface area contributed by atoms with Gasteiger partial charge < -0.3 is 10.0 Å². The van der Waals surface area contributed by atoms with Gasteiger partial charge >= 0.3 is 0 Å². The van der Waals surface area contributed by atoms with Crippen molar-refractivity contribution in [2.24, 2.45) is 0 Å². The molecule has 0 atom stereocenters. The topological polar surface area (TPSA) is 56.7 Å². The van der Waals surface area contributed by atoms with Crippen LogP contribution >= 0.6 is 0 Å². The van der Waals surface area contributed by atoms with Crippen molar-refractivity contribution in [2.75, 3.05) is 26.2 Å². The summed E-state index contributed by atoms with van der Waals surface area (Å²) in [6, 6.07) is 13.8. The largest absolute Gasteiger partial charge is 0.390 e. The van der Waals surface area contributed by atoms with Crippen LogP contribution in [0.15, 0.2) is 48.7 Å². The van der Waals surface area contributed by atoms with E-state index in [4.69, 9.17) is 0 Å². The SMILES string of the molecule is CC(C)(O)CCc1cccc(C(=O)N2CCN(Cc3ccccn3)CC2)c1. The van der Waals surface area contributed by atoms with Crippen molar-refractivity contribution in [2.45, 2.75) is 38.8 Å². The van der Waals surface area contributed by atoms with Gasteiger partial charge in [-0.25, -0.2) is 0 Å². The summed E-state index contributed by atoms with van der Waals surface area (Å²) in [6.45, 7) is 7.65. The zero-order valence-corrected chi connectivity index (χ0v) is 16.3. The smallest absolute Gasteiger partial charge is 0.253 e. The Morgan fingerprint density at radius 2 is 1.89 bits per heavy atom. The van der Waals surface area contributed by atoms with Gasteiger partial charge in [0.1, 0.15) is 0 Å². The molecule has 1 N–H and O–H groups in total. The van der Waals surface area contributed by atoms with Gasteiger partial charge in [0.25, 0.3) is 5.91 Å². The number of nitrogens with zero attached hydrogens (tertiary/aromatic N) is 3. The molecule has 0 spiro atoms. The monoisotopic (exact) mass is 367 g/mol. The van der Waals surface area contributed by atoms with Crippen LogP contribution in [0, 0.1) is 0 Å². The average Bonchev–Trinajstić information content (AvgIpc) is 2.67. The first-order chi connectivity index (χ1) is 12.9. The molecular weight excluding hydrogens is 338 g/mol. The van der Waals surface area contributed by atoms with Crippen molar-refractivity contribution in [3.63, 3.8) is 0 Å². The molecule has 1 fully saturated rings. The number of benzene rings is 1. The highest BCUT2D eigenvalue weighted by Gasteiger charge is 2.22. The van der Waals surface area contributed by atoms with Gasteiger partial charge in [0, 0.05) is 44.5 Å². The fourth-order valence-corrected chi connectivity index (χ4v) is 3.32. The predicted octanol–water partition coefficient (Wildman–Crippen LogP) is 2.74. The molecule has 0 radical (unpaired) electrons. The molecule has 1 saturated heterocycles. The van der Waals surface area contributed by atoms with E-state index in [-0.39, 0.29) is 5.91 Å². The number of carbonyl (C=O) groups excluding carboxylic acids is 1. The van der Waals surface area contributed by atoms with Crippen LogP contribution in [0.1, 0.15) is 41.9 Å². The molecule has 1 aromatic carbocycles. The molecule has 0 unspecified atom stereocenters. The van der Waals surface area contributed by atoms with Crippen LogP contribution in [0.25, 0.3) is 0 Å². The van der Waals surface area contributed by atoms with E-state index in [2.05, 4.69) is 9.88 Å². The summed E-state index contributed by atoms with van der Waals surface area (Å²) in [6.07, 6.45) is 3.26. The van der Waals surface area contributed by atoms with E-state index in [0.717, 1.165) is 56.0 Å². The van der Waals surface area contributed by atoms with Gasteiger partial charge in [-0.2, -0.15) is 0 Å². The first-order valence-corrected chi connectivity index (χ1v) is 9.63. The van der Waals surface area contributed by atoms with E-state index in [9.17, 15) is 9.90 Å². The molecule has 1 amide bonds. The number of carbonyl (C=O) groups is 1. The Labute approximate surface area is 161 Å². The zero-order valence-electron chi connectivity index (χ0n) is 16.3. The van der Waals surface area contributed by atoms with Crippen molar-refractivity contribution in [1.29, 1.82) is 0 Å². The summed E-state index contributed by atoms with van der Waals surface area (Å²) < 4.78 is 0. The summed E-state index contributed by atoms with van der Waals surface area (Å²) in [4.78, 5) is 21.5. The molecule has 1 aromatic heterocycles. The molecule has 0 saturated carbocycles.